The quantitative estimate of drug-likeness (QED) is 0.686. The Morgan fingerprint density at radius 2 is 1.95 bits per heavy atom. The SMILES string of the molecule is COCCN(C(C)C)S(=O)(=O)c1cc(CCl)n(C(C)C)c1. The van der Waals surface area contributed by atoms with Crippen LogP contribution in [-0.2, 0) is 20.6 Å². The molecule has 0 unspecified atom stereocenters. The number of methoxy groups -OCH3 is 1. The lowest BCUT2D eigenvalue weighted by Gasteiger charge is -2.25. The van der Waals surface area contributed by atoms with Crippen molar-refractivity contribution in [2.75, 3.05) is 20.3 Å². The summed E-state index contributed by atoms with van der Waals surface area (Å²) in [6, 6.07) is 1.69. The molecule has 0 aliphatic heterocycles. The van der Waals surface area contributed by atoms with E-state index in [2.05, 4.69) is 0 Å². The number of nitrogens with zero attached hydrogens (tertiary/aromatic N) is 2. The number of halogens is 1. The van der Waals surface area contributed by atoms with Crippen LogP contribution < -0.4 is 0 Å². The van der Waals surface area contributed by atoms with Crippen molar-refractivity contribution in [1.29, 1.82) is 0 Å². The first-order chi connectivity index (χ1) is 9.75. The molecule has 5 nitrogen and oxygen atoms in total. The molecule has 0 saturated heterocycles. The van der Waals surface area contributed by atoms with Crippen LogP contribution in [0.3, 0.4) is 0 Å². The summed E-state index contributed by atoms with van der Waals surface area (Å²) in [5.74, 6) is 0.285. The Kier molecular flexibility index (Phi) is 6.71. The molecule has 0 saturated carbocycles. The highest BCUT2D eigenvalue weighted by Crippen LogP contribution is 2.24. The fourth-order valence-corrected chi connectivity index (χ4v) is 4.09. The van der Waals surface area contributed by atoms with Crippen LogP contribution in [0.15, 0.2) is 17.2 Å². The Labute approximate surface area is 132 Å². The van der Waals surface area contributed by atoms with E-state index in [0.29, 0.717) is 13.2 Å². The molecule has 0 aliphatic rings. The van der Waals surface area contributed by atoms with Crippen molar-refractivity contribution in [3.05, 3.63) is 18.0 Å². The number of hydrogen-bond donors (Lipinski definition) is 0. The second-order valence-corrected chi connectivity index (χ2v) is 7.66. The van der Waals surface area contributed by atoms with E-state index >= 15 is 0 Å². The predicted molar refractivity (Wildman–Crippen MR) is 85.3 cm³/mol. The van der Waals surface area contributed by atoms with Crippen molar-refractivity contribution in [3.8, 4) is 0 Å². The molecular formula is C14H25ClN2O3S. The van der Waals surface area contributed by atoms with E-state index in [1.807, 2.05) is 32.3 Å². The molecule has 0 aromatic carbocycles. The molecule has 0 N–H and O–H groups in total. The minimum Gasteiger partial charge on any atom is -0.383 e. The molecule has 0 atom stereocenters. The molecule has 0 spiro atoms. The summed E-state index contributed by atoms with van der Waals surface area (Å²) in [4.78, 5) is 0.289. The lowest BCUT2D eigenvalue weighted by Crippen LogP contribution is -2.39. The third kappa shape index (κ3) is 4.22. The van der Waals surface area contributed by atoms with E-state index in [1.54, 1.807) is 19.4 Å². The smallest absolute Gasteiger partial charge is 0.244 e. The number of hydrogen-bond acceptors (Lipinski definition) is 3. The average molecular weight is 337 g/mol. The highest BCUT2D eigenvalue weighted by atomic mass is 35.5. The zero-order valence-electron chi connectivity index (χ0n) is 13.3. The molecule has 0 bridgehead atoms. The molecule has 0 amide bonds. The van der Waals surface area contributed by atoms with Crippen molar-refractivity contribution in [2.45, 2.75) is 50.6 Å². The molecule has 0 aliphatic carbocycles. The Bertz CT molecular complexity index is 553. The van der Waals surface area contributed by atoms with E-state index in [9.17, 15) is 8.42 Å². The minimum absolute atomic E-state index is 0.132. The van der Waals surface area contributed by atoms with E-state index in [0.717, 1.165) is 5.69 Å². The lowest BCUT2D eigenvalue weighted by atomic mass is 10.4. The van der Waals surface area contributed by atoms with Crippen LogP contribution in [-0.4, -0.2) is 43.6 Å². The van der Waals surface area contributed by atoms with Crippen molar-refractivity contribution in [2.24, 2.45) is 0 Å². The zero-order chi connectivity index (χ0) is 16.2. The van der Waals surface area contributed by atoms with Gasteiger partial charge in [0.1, 0.15) is 4.90 Å². The maximum atomic E-state index is 12.8. The van der Waals surface area contributed by atoms with Crippen LogP contribution >= 0.6 is 11.6 Å². The van der Waals surface area contributed by atoms with Gasteiger partial charge in [0.05, 0.1) is 12.5 Å². The van der Waals surface area contributed by atoms with Crippen molar-refractivity contribution in [1.82, 2.24) is 8.87 Å². The van der Waals surface area contributed by atoms with Crippen molar-refractivity contribution in [3.63, 3.8) is 0 Å². The third-order valence-corrected chi connectivity index (χ3v) is 5.61. The van der Waals surface area contributed by atoms with Gasteiger partial charge in [-0.3, -0.25) is 0 Å². The van der Waals surface area contributed by atoms with Crippen LogP contribution in [0.1, 0.15) is 39.4 Å². The van der Waals surface area contributed by atoms with Crippen molar-refractivity contribution < 1.29 is 13.2 Å². The average Bonchev–Trinajstić information content (AvgIpc) is 2.83. The zero-order valence-corrected chi connectivity index (χ0v) is 14.9. The van der Waals surface area contributed by atoms with Crippen LogP contribution in [0.4, 0.5) is 0 Å². The largest absolute Gasteiger partial charge is 0.383 e. The van der Waals surface area contributed by atoms with E-state index in [1.165, 1.54) is 4.31 Å². The van der Waals surface area contributed by atoms with Crippen LogP contribution in [0, 0.1) is 0 Å². The topological polar surface area (TPSA) is 51.5 Å². The summed E-state index contributed by atoms with van der Waals surface area (Å²) in [6.07, 6.45) is 1.67. The number of aromatic nitrogens is 1. The molecule has 0 radical (unpaired) electrons. The van der Waals surface area contributed by atoms with Gasteiger partial charge in [0, 0.05) is 37.6 Å². The molecule has 1 rings (SSSR count). The summed E-state index contributed by atoms with van der Waals surface area (Å²) < 4.78 is 34.0. The van der Waals surface area contributed by atoms with E-state index in [4.69, 9.17) is 16.3 Å². The van der Waals surface area contributed by atoms with Gasteiger partial charge in [-0.05, 0) is 33.8 Å². The molecule has 1 aromatic heterocycles. The molecule has 1 heterocycles. The van der Waals surface area contributed by atoms with Gasteiger partial charge < -0.3 is 9.30 Å². The maximum absolute atomic E-state index is 12.8. The summed E-state index contributed by atoms with van der Waals surface area (Å²) in [5, 5.41) is 0. The molecule has 7 heteroatoms. The summed E-state index contributed by atoms with van der Waals surface area (Å²) in [5.41, 5.74) is 0.806. The summed E-state index contributed by atoms with van der Waals surface area (Å²) >= 11 is 5.92. The first-order valence-corrected chi connectivity index (χ1v) is 9.00. The minimum atomic E-state index is -3.54. The second-order valence-electron chi connectivity index (χ2n) is 5.50. The number of alkyl halides is 1. The van der Waals surface area contributed by atoms with Gasteiger partial charge >= 0.3 is 0 Å². The van der Waals surface area contributed by atoms with Gasteiger partial charge in [0.15, 0.2) is 0 Å². The molecule has 0 fully saturated rings. The van der Waals surface area contributed by atoms with Crippen LogP contribution in [0.2, 0.25) is 0 Å². The fourth-order valence-electron chi connectivity index (χ4n) is 2.20. The molecule has 21 heavy (non-hydrogen) atoms. The van der Waals surface area contributed by atoms with E-state index in [-0.39, 0.29) is 22.9 Å². The predicted octanol–water partition coefficient (Wildman–Crippen LogP) is 2.85. The van der Waals surface area contributed by atoms with Gasteiger partial charge in [-0.25, -0.2) is 8.42 Å². The Hall–Kier alpha value is -0.560. The normalized spacial score (nSPS) is 12.8. The Morgan fingerprint density at radius 3 is 2.33 bits per heavy atom. The lowest BCUT2D eigenvalue weighted by molar-refractivity contribution is 0.171. The van der Waals surface area contributed by atoms with Gasteiger partial charge in [-0.15, -0.1) is 11.6 Å². The maximum Gasteiger partial charge on any atom is 0.244 e. The van der Waals surface area contributed by atoms with Crippen LogP contribution in [0.25, 0.3) is 0 Å². The van der Waals surface area contributed by atoms with Gasteiger partial charge in [0.2, 0.25) is 10.0 Å². The highest BCUT2D eigenvalue weighted by Gasteiger charge is 2.28. The standard InChI is InChI=1S/C14H25ClN2O3S/c1-11(2)16-10-14(8-13(16)9-15)21(18,19)17(12(3)4)6-7-20-5/h8,10-12H,6-7,9H2,1-5H3. The summed E-state index contributed by atoms with van der Waals surface area (Å²) in [7, 11) is -1.98. The monoisotopic (exact) mass is 336 g/mol. The third-order valence-electron chi connectivity index (χ3n) is 3.30. The summed E-state index contributed by atoms with van der Waals surface area (Å²) in [6.45, 7) is 8.41. The van der Waals surface area contributed by atoms with Crippen LogP contribution in [0.5, 0.6) is 0 Å². The number of sulfonamides is 1. The Morgan fingerprint density at radius 1 is 1.33 bits per heavy atom. The van der Waals surface area contributed by atoms with Gasteiger partial charge in [-0.1, -0.05) is 0 Å². The number of ether oxygens (including phenoxy) is 1. The molecular weight excluding hydrogens is 312 g/mol. The van der Waals surface area contributed by atoms with Crippen molar-refractivity contribution >= 4 is 21.6 Å². The first kappa shape index (κ1) is 18.5. The first-order valence-electron chi connectivity index (χ1n) is 7.03. The Balaban J connectivity index is 3.22. The van der Waals surface area contributed by atoms with Gasteiger partial charge in [0.25, 0.3) is 0 Å². The fraction of sp³-hybridized carbons (Fsp3) is 0.714. The number of rotatable bonds is 8. The second kappa shape index (κ2) is 7.63. The molecule has 122 valence electrons. The van der Waals surface area contributed by atoms with Gasteiger partial charge in [-0.2, -0.15) is 4.31 Å². The van der Waals surface area contributed by atoms with E-state index < -0.39 is 10.0 Å². The molecule has 1 aromatic rings. The highest BCUT2D eigenvalue weighted by molar-refractivity contribution is 7.89.